The molecule has 4 rings (SSSR count). The average molecular weight is 440 g/mol. The Balaban J connectivity index is 1.56. The van der Waals surface area contributed by atoms with Crippen LogP contribution in [0.1, 0.15) is 41.6 Å². The Bertz CT molecular complexity index is 1240. The molecule has 1 aromatic heterocycles. The van der Waals surface area contributed by atoms with Gasteiger partial charge < -0.3 is 10.3 Å². The number of carbonyl (C=O) groups is 1. The molecule has 1 fully saturated rings. The summed E-state index contributed by atoms with van der Waals surface area (Å²) in [6.45, 7) is 6.89. The molecule has 1 aliphatic heterocycles. The third-order valence-electron chi connectivity index (χ3n) is 6.02. The molecule has 2 heterocycles. The smallest absolute Gasteiger partial charge is 0.243 e. The van der Waals surface area contributed by atoms with Crippen molar-refractivity contribution in [1.29, 1.82) is 0 Å². The molecule has 3 aromatic rings. The van der Waals surface area contributed by atoms with Crippen LogP contribution in [0.5, 0.6) is 0 Å². The number of piperidine rings is 1. The number of hydrogen-bond acceptors (Lipinski definition) is 3. The van der Waals surface area contributed by atoms with Crippen molar-refractivity contribution in [3.63, 3.8) is 0 Å². The van der Waals surface area contributed by atoms with Crippen LogP contribution in [0.15, 0.2) is 41.3 Å². The van der Waals surface area contributed by atoms with Crippen molar-refractivity contribution in [2.24, 2.45) is 0 Å². The monoisotopic (exact) mass is 439 g/mol. The summed E-state index contributed by atoms with van der Waals surface area (Å²) in [6, 6.07) is 11.2. The molecule has 0 unspecified atom stereocenters. The zero-order chi connectivity index (χ0) is 22.2. The Morgan fingerprint density at radius 2 is 1.77 bits per heavy atom. The van der Waals surface area contributed by atoms with E-state index < -0.39 is 10.0 Å². The SMILES string of the molecule is Cc1ccc2[nH]c(C)c(CC(=O)Nc3ccc(C)c(S(=O)(=O)N4CCCCC4)c3)c2c1. The molecule has 7 heteroatoms. The number of rotatable bonds is 5. The lowest BCUT2D eigenvalue weighted by Crippen LogP contribution is -2.36. The van der Waals surface area contributed by atoms with Crippen molar-refractivity contribution in [1.82, 2.24) is 9.29 Å². The fourth-order valence-electron chi connectivity index (χ4n) is 4.29. The molecule has 2 aromatic carbocycles. The van der Waals surface area contributed by atoms with Crippen LogP contribution in [0.2, 0.25) is 0 Å². The highest BCUT2D eigenvalue weighted by molar-refractivity contribution is 7.89. The van der Waals surface area contributed by atoms with Gasteiger partial charge in [0, 0.05) is 35.4 Å². The van der Waals surface area contributed by atoms with Crippen LogP contribution < -0.4 is 5.32 Å². The number of nitrogens with one attached hydrogen (secondary N) is 2. The van der Waals surface area contributed by atoms with Gasteiger partial charge in [0.1, 0.15) is 0 Å². The van der Waals surface area contributed by atoms with Gasteiger partial charge in [0.15, 0.2) is 0 Å². The molecule has 31 heavy (non-hydrogen) atoms. The van der Waals surface area contributed by atoms with E-state index >= 15 is 0 Å². The first kappa shape index (κ1) is 21.6. The Morgan fingerprint density at radius 3 is 2.52 bits per heavy atom. The minimum atomic E-state index is -3.56. The molecule has 0 bridgehead atoms. The van der Waals surface area contributed by atoms with Crippen LogP contribution in [-0.2, 0) is 21.2 Å². The van der Waals surface area contributed by atoms with Gasteiger partial charge in [0.2, 0.25) is 15.9 Å². The molecule has 164 valence electrons. The highest BCUT2D eigenvalue weighted by Gasteiger charge is 2.27. The van der Waals surface area contributed by atoms with Crippen molar-refractivity contribution >= 4 is 32.5 Å². The van der Waals surface area contributed by atoms with Gasteiger partial charge >= 0.3 is 0 Å². The Hall–Kier alpha value is -2.64. The van der Waals surface area contributed by atoms with Gasteiger partial charge in [-0.15, -0.1) is 0 Å². The first-order valence-corrected chi connectivity index (χ1v) is 12.2. The van der Waals surface area contributed by atoms with E-state index in [4.69, 9.17) is 0 Å². The number of benzene rings is 2. The predicted molar refractivity (Wildman–Crippen MR) is 124 cm³/mol. The van der Waals surface area contributed by atoms with Gasteiger partial charge in [-0.1, -0.05) is 24.1 Å². The van der Waals surface area contributed by atoms with E-state index in [1.807, 2.05) is 26.0 Å². The summed E-state index contributed by atoms with van der Waals surface area (Å²) in [5.41, 5.74) is 5.26. The number of H-pyrrole nitrogens is 1. The van der Waals surface area contributed by atoms with Crippen molar-refractivity contribution < 1.29 is 13.2 Å². The van der Waals surface area contributed by atoms with E-state index in [0.717, 1.165) is 47.0 Å². The number of hydrogen-bond donors (Lipinski definition) is 2. The highest BCUT2D eigenvalue weighted by atomic mass is 32.2. The molecule has 1 saturated heterocycles. The second-order valence-corrected chi connectivity index (χ2v) is 10.4. The van der Waals surface area contributed by atoms with Gasteiger partial charge in [-0.05, 0) is 69.0 Å². The summed E-state index contributed by atoms with van der Waals surface area (Å²) in [6.07, 6.45) is 3.06. The van der Waals surface area contributed by atoms with E-state index in [2.05, 4.69) is 16.4 Å². The van der Waals surface area contributed by atoms with Crippen LogP contribution in [0.25, 0.3) is 10.9 Å². The molecular weight excluding hydrogens is 410 g/mol. The molecule has 0 radical (unpaired) electrons. The summed E-state index contributed by atoms with van der Waals surface area (Å²) in [5.74, 6) is -0.171. The third kappa shape index (κ3) is 4.38. The lowest BCUT2D eigenvalue weighted by Gasteiger charge is -2.26. The summed E-state index contributed by atoms with van der Waals surface area (Å²) in [5, 5.41) is 3.94. The number of anilines is 1. The second-order valence-electron chi connectivity index (χ2n) is 8.45. The minimum absolute atomic E-state index is 0.171. The second kappa shape index (κ2) is 8.48. The Morgan fingerprint density at radius 1 is 1.03 bits per heavy atom. The van der Waals surface area contributed by atoms with Gasteiger partial charge in [-0.3, -0.25) is 4.79 Å². The normalized spacial score (nSPS) is 15.3. The van der Waals surface area contributed by atoms with E-state index in [9.17, 15) is 13.2 Å². The number of aromatic nitrogens is 1. The van der Waals surface area contributed by atoms with Gasteiger partial charge in [0.05, 0.1) is 11.3 Å². The number of carbonyl (C=O) groups excluding carboxylic acids is 1. The van der Waals surface area contributed by atoms with Crippen LogP contribution in [0, 0.1) is 20.8 Å². The van der Waals surface area contributed by atoms with Gasteiger partial charge in [-0.25, -0.2) is 8.42 Å². The minimum Gasteiger partial charge on any atom is -0.358 e. The third-order valence-corrected chi connectivity index (χ3v) is 8.06. The summed E-state index contributed by atoms with van der Waals surface area (Å²) >= 11 is 0. The lowest BCUT2D eigenvalue weighted by molar-refractivity contribution is -0.115. The highest BCUT2D eigenvalue weighted by Crippen LogP contribution is 2.27. The Labute approximate surface area is 183 Å². The lowest BCUT2D eigenvalue weighted by atomic mass is 10.1. The fourth-order valence-corrected chi connectivity index (χ4v) is 6.06. The fraction of sp³-hybridized carbons (Fsp3) is 0.375. The first-order valence-electron chi connectivity index (χ1n) is 10.7. The quantitative estimate of drug-likeness (QED) is 0.616. The standard InChI is InChI=1S/C24H29N3O3S/c1-16-7-10-22-21(13-16)20(18(3)25-22)15-24(28)26-19-9-8-17(2)23(14-19)31(29,30)27-11-5-4-6-12-27/h7-10,13-14,25H,4-6,11-12,15H2,1-3H3,(H,26,28). The maximum Gasteiger partial charge on any atom is 0.243 e. The number of aromatic amines is 1. The van der Waals surface area contributed by atoms with Crippen molar-refractivity contribution in [2.45, 2.75) is 51.3 Å². The number of aryl methyl sites for hydroxylation is 3. The molecule has 1 aliphatic rings. The van der Waals surface area contributed by atoms with Crippen molar-refractivity contribution in [3.05, 3.63) is 58.8 Å². The summed E-state index contributed by atoms with van der Waals surface area (Å²) < 4.78 is 27.8. The molecule has 6 nitrogen and oxygen atoms in total. The summed E-state index contributed by atoms with van der Waals surface area (Å²) in [7, 11) is -3.56. The zero-order valence-electron chi connectivity index (χ0n) is 18.3. The van der Waals surface area contributed by atoms with E-state index in [1.54, 1.807) is 29.4 Å². The average Bonchev–Trinajstić information content (AvgIpc) is 3.04. The van der Waals surface area contributed by atoms with Crippen molar-refractivity contribution in [2.75, 3.05) is 18.4 Å². The zero-order valence-corrected chi connectivity index (χ0v) is 19.1. The topological polar surface area (TPSA) is 82.3 Å². The number of sulfonamides is 1. The van der Waals surface area contributed by atoms with Crippen LogP contribution in [0.3, 0.4) is 0 Å². The molecule has 0 spiro atoms. The molecule has 1 amide bonds. The molecule has 0 saturated carbocycles. The van der Waals surface area contributed by atoms with E-state index in [-0.39, 0.29) is 17.2 Å². The largest absolute Gasteiger partial charge is 0.358 e. The molecule has 2 N–H and O–H groups in total. The van der Waals surface area contributed by atoms with Crippen LogP contribution >= 0.6 is 0 Å². The molecular formula is C24H29N3O3S. The van der Waals surface area contributed by atoms with Gasteiger partial charge in [-0.2, -0.15) is 4.31 Å². The maximum atomic E-state index is 13.1. The first-order chi connectivity index (χ1) is 14.8. The number of fused-ring (bicyclic) bond motifs is 1. The van der Waals surface area contributed by atoms with Gasteiger partial charge in [0.25, 0.3) is 0 Å². The van der Waals surface area contributed by atoms with E-state index in [0.29, 0.717) is 24.3 Å². The van der Waals surface area contributed by atoms with E-state index in [1.165, 1.54) is 0 Å². The Kier molecular flexibility index (Phi) is 5.90. The molecule has 0 aliphatic carbocycles. The maximum absolute atomic E-state index is 13.1. The number of nitrogens with zero attached hydrogens (tertiary/aromatic N) is 1. The van der Waals surface area contributed by atoms with Crippen molar-refractivity contribution in [3.8, 4) is 0 Å². The molecule has 0 atom stereocenters. The number of amides is 1. The van der Waals surface area contributed by atoms with Crippen LogP contribution in [-0.4, -0.2) is 36.7 Å². The summed E-state index contributed by atoms with van der Waals surface area (Å²) in [4.78, 5) is 16.4. The predicted octanol–water partition coefficient (Wildman–Crippen LogP) is 4.45. The van der Waals surface area contributed by atoms with Crippen LogP contribution in [0.4, 0.5) is 5.69 Å².